The van der Waals surface area contributed by atoms with Crippen LogP contribution in [-0.4, -0.2) is 15.4 Å². The molecule has 164 valence electrons. The summed E-state index contributed by atoms with van der Waals surface area (Å²) in [4.78, 5) is 0. The maximum atomic E-state index is 6.95. The van der Waals surface area contributed by atoms with Crippen LogP contribution < -0.4 is 9.16 Å². The molecule has 0 amide bonds. The van der Waals surface area contributed by atoms with Gasteiger partial charge in [-0.05, 0) is 52.5 Å². The Labute approximate surface area is 186 Å². The normalized spacial score (nSPS) is 13.3. The van der Waals surface area contributed by atoms with Crippen LogP contribution in [0.3, 0.4) is 0 Å². The molecule has 1 aromatic heterocycles. The van der Waals surface area contributed by atoms with Crippen LogP contribution in [0.1, 0.15) is 47.1 Å². The first kappa shape index (κ1) is 21.8. The molecule has 0 spiro atoms. The molecule has 4 heteroatoms. The highest BCUT2D eigenvalue weighted by Gasteiger charge is 2.41. The van der Waals surface area contributed by atoms with Crippen LogP contribution in [-0.2, 0) is 5.41 Å². The van der Waals surface area contributed by atoms with Crippen molar-refractivity contribution in [2.24, 2.45) is 0 Å². The first-order valence-corrected chi connectivity index (χ1v) is 13.9. The summed E-state index contributed by atoms with van der Waals surface area (Å²) in [6.45, 7) is 18.0. The van der Waals surface area contributed by atoms with Crippen molar-refractivity contribution in [3.63, 3.8) is 0 Å². The number of methoxy groups -OCH3 is 1. The number of hydrogen-bond donors (Lipinski definition) is 0. The van der Waals surface area contributed by atoms with Gasteiger partial charge in [-0.3, -0.25) is 0 Å². The summed E-state index contributed by atoms with van der Waals surface area (Å²) in [5.74, 6) is 1.70. The van der Waals surface area contributed by atoms with E-state index in [9.17, 15) is 0 Å². The Kier molecular flexibility index (Phi) is 4.93. The predicted molar refractivity (Wildman–Crippen MR) is 134 cm³/mol. The largest absolute Gasteiger partial charge is 0.541 e. The van der Waals surface area contributed by atoms with E-state index in [1.165, 1.54) is 5.39 Å². The van der Waals surface area contributed by atoms with Crippen LogP contribution in [0.15, 0.2) is 46.9 Å². The van der Waals surface area contributed by atoms with Gasteiger partial charge >= 0.3 is 0 Å². The molecule has 31 heavy (non-hydrogen) atoms. The Morgan fingerprint density at radius 3 is 2.03 bits per heavy atom. The van der Waals surface area contributed by atoms with Crippen LogP contribution in [0.25, 0.3) is 32.7 Å². The Morgan fingerprint density at radius 1 is 0.871 bits per heavy atom. The van der Waals surface area contributed by atoms with Gasteiger partial charge in [0.25, 0.3) is 8.32 Å². The smallest absolute Gasteiger partial charge is 0.250 e. The van der Waals surface area contributed by atoms with Gasteiger partial charge in [0.2, 0.25) is 0 Å². The van der Waals surface area contributed by atoms with Crippen molar-refractivity contribution >= 4 is 41.0 Å². The SMILES string of the molecule is COc1cc(C(C)(C)C)c(O[Si](C)(C)C(C)(C)C)c2oc3cc4ccccc4cc3c12. The van der Waals surface area contributed by atoms with Crippen LogP contribution in [0.4, 0.5) is 0 Å². The van der Waals surface area contributed by atoms with E-state index in [0.29, 0.717) is 0 Å². The van der Waals surface area contributed by atoms with Crippen LogP contribution in [0.5, 0.6) is 11.5 Å². The predicted octanol–water partition coefficient (Wildman–Crippen LogP) is 8.43. The molecule has 0 unspecified atom stereocenters. The Hall–Kier alpha value is -2.46. The summed E-state index contributed by atoms with van der Waals surface area (Å²) in [6, 6.07) is 14.8. The van der Waals surface area contributed by atoms with Crippen molar-refractivity contribution in [3.8, 4) is 11.5 Å². The standard InChI is InChI=1S/C27H34O3Si/c1-26(2,3)20-16-22(28-7)23-19-14-17-12-10-11-13-18(17)15-21(19)29-25(23)24(20)30-31(8,9)27(4,5)6/h10-16H,1-9H3. The molecule has 1 heterocycles. The van der Waals surface area contributed by atoms with Gasteiger partial charge in [-0.25, -0.2) is 0 Å². The molecule has 4 aromatic rings. The van der Waals surface area contributed by atoms with E-state index in [1.807, 2.05) is 0 Å². The maximum Gasteiger partial charge on any atom is 0.250 e. The first-order chi connectivity index (χ1) is 14.3. The lowest BCUT2D eigenvalue weighted by Gasteiger charge is -2.38. The minimum absolute atomic E-state index is 0.0785. The number of furan rings is 1. The molecular weight excluding hydrogens is 400 g/mol. The quantitative estimate of drug-likeness (QED) is 0.303. The zero-order chi connectivity index (χ0) is 22.8. The van der Waals surface area contributed by atoms with Crippen LogP contribution in [0, 0.1) is 0 Å². The van der Waals surface area contributed by atoms with Gasteiger partial charge in [-0.1, -0.05) is 65.8 Å². The molecule has 0 fully saturated rings. The Bertz CT molecular complexity index is 1280. The average Bonchev–Trinajstić information content (AvgIpc) is 3.03. The minimum Gasteiger partial charge on any atom is -0.541 e. The van der Waals surface area contributed by atoms with Crippen molar-refractivity contribution in [1.29, 1.82) is 0 Å². The van der Waals surface area contributed by atoms with Crippen molar-refractivity contribution in [1.82, 2.24) is 0 Å². The molecule has 0 atom stereocenters. The number of rotatable bonds is 3. The second-order valence-electron chi connectivity index (χ2n) is 11.1. The van der Waals surface area contributed by atoms with Crippen LogP contribution >= 0.6 is 0 Å². The fourth-order valence-corrected chi connectivity index (χ4v) is 4.82. The van der Waals surface area contributed by atoms with Crippen molar-refractivity contribution in [3.05, 3.63) is 48.0 Å². The van der Waals surface area contributed by atoms with Gasteiger partial charge in [0, 0.05) is 10.9 Å². The summed E-state index contributed by atoms with van der Waals surface area (Å²) >= 11 is 0. The number of fused-ring (bicyclic) bond motifs is 4. The molecule has 0 saturated heterocycles. The lowest BCUT2D eigenvalue weighted by atomic mass is 9.85. The van der Waals surface area contributed by atoms with Gasteiger partial charge in [0.05, 0.1) is 12.5 Å². The highest BCUT2D eigenvalue weighted by molar-refractivity contribution is 6.74. The Balaban J connectivity index is 2.13. The fraction of sp³-hybridized carbons (Fsp3) is 0.407. The summed E-state index contributed by atoms with van der Waals surface area (Å²) in [5.41, 5.74) is 2.64. The molecule has 0 saturated carbocycles. The van der Waals surface area contributed by atoms with Gasteiger partial charge in [-0.2, -0.15) is 0 Å². The molecule has 4 rings (SSSR count). The third-order valence-electron chi connectivity index (χ3n) is 6.72. The van der Waals surface area contributed by atoms with E-state index in [1.54, 1.807) is 7.11 Å². The maximum absolute atomic E-state index is 6.95. The molecular formula is C27H34O3Si. The fourth-order valence-electron chi connectivity index (χ4n) is 3.81. The highest BCUT2D eigenvalue weighted by Crippen LogP contribution is 2.49. The van der Waals surface area contributed by atoms with E-state index >= 15 is 0 Å². The molecule has 0 aliphatic heterocycles. The third-order valence-corrected chi connectivity index (χ3v) is 11.0. The van der Waals surface area contributed by atoms with Gasteiger partial charge in [-0.15, -0.1) is 0 Å². The van der Waals surface area contributed by atoms with Crippen molar-refractivity contribution in [2.75, 3.05) is 7.11 Å². The lowest BCUT2D eigenvalue weighted by molar-refractivity contribution is 0.414. The lowest BCUT2D eigenvalue weighted by Crippen LogP contribution is -2.44. The monoisotopic (exact) mass is 434 g/mol. The van der Waals surface area contributed by atoms with E-state index in [4.69, 9.17) is 13.6 Å². The number of hydrogen-bond acceptors (Lipinski definition) is 3. The molecule has 0 radical (unpaired) electrons. The Morgan fingerprint density at radius 2 is 1.48 bits per heavy atom. The second-order valence-corrected chi connectivity index (χ2v) is 15.8. The minimum atomic E-state index is -2.10. The molecule has 0 aliphatic rings. The summed E-state index contributed by atoms with van der Waals surface area (Å²) in [5, 5.41) is 4.48. The third kappa shape index (κ3) is 3.61. The van der Waals surface area contributed by atoms with Crippen LogP contribution in [0.2, 0.25) is 18.1 Å². The van der Waals surface area contributed by atoms with E-state index in [0.717, 1.165) is 44.4 Å². The summed E-state index contributed by atoms with van der Waals surface area (Å²) in [6.07, 6.45) is 0. The molecule has 0 bridgehead atoms. The molecule has 0 aliphatic carbocycles. The van der Waals surface area contributed by atoms with Crippen molar-refractivity contribution in [2.45, 2.75) is 65.1 Å². The average molecular weight is 435 g/mol. The summed E-state index contributed by atoms with van der Waals surface area (Å²) < 4.78 is 19.4. The van der Waals surface area contributed by atoms with E-state index in [2.05, 4.69) is 97.1 Å². The zero-order valence-electron chi connectivity index (χ0n) is 20.3. The van der Waals surface area contributed by atoms with E-state index < -0.39 is 8.32 Å². The van der Waals surface area contributed by atoms with Gasteiger partial charge in [0.15, 0.2) is 11.3 Å². The van der Waals surface area contributed by atoms with Crippen molar-refractivity contribution < 1.29 is 13.6 Å². The van der Waals surface area contributed by atoms with Gasteiger partial charge < -0.3 is 13.6 Å². The summed E-state index contributed by atoms with van der Waals surface area (Å²) in [7, 11) is -0.367. The molecule has 3 nitrogen and oxygen atoms in total. The second kappa shape index (κ2) is 7.03. The zero-order valence-corrected chi connectivity index (χ0v) is 21.3. The topological polar surface area (TPSA) is 31.6 Å². The first-order valence-electron chi connectivity index (χ1n) is 11.0. The van der Waals surface area contributed by atoms with Gasteiger partial charge in [0.1, 0.15) is 11.3 Å². The molecule has 3 aromatic carbocycles. The number of ether oxygens (including phenoxy) is 1. The molecule has 0 N–H and O–H groups in total. The highest BCUT2D eigenvalue weighted by atomic mass is 28.4. The van der Waals surface area contributed by atoms with E-state index in [-0.39, 0.29) is 10.5 Å². The number of benzene rings is 3.